The highest BCUT2D eigenvalue weighted by Gasteiger charge is 2.38. The molecular formula is C19H17F9N4O2. The fraction of sp³-hybridized carbons (Fsp3) is 0.474. The van der Waals surface area contributed by atoms with Crippen molar-refractivity contribution in [3.8, 4) is 0 Å². The number of carbonyl (C=O) groups is 1. The molecule has 2 aromatic rings. The maximum absolute atomic E-state index is 13.7. The fourth-order valence-electron chi connectivity index (χ4n) is 3.37. The van der Waals surface area contributed by atoms with Crippen LogP contribution in [0.1, 0.15) is 18.4 Å². The molecule has 1 amide bonds. The van der Waals surface area contributed by atoms with E-state index in [1.807, 2.05) is 0 Å². The Bertz CT molecular complexity index is 1020. The van der Waals surface area contributed by atoms with Crippen LogP contribution in [0.3, 0.4) is 0 Å². The summed E-state index contributed by atoms with van der Waals surface area (Å²) in [4.78, 5) is 15.7. The fourth-order valence-corrected chi connectivity index (χ4v) is 3.37. The summed E-state index contributed by atoms with van der Waals surface area (Å²) in [6, 6.07) is 2.73. The van der Waals surface area contributed by atoms with Gasteiger partial charge in [0.2, 0.25) is 0 Å². The zero-order valence-electron chi connectivity index (χ0n) is 17.0. The van der Waals surface area contributed by atoms with Gasteiger partial charge >= 0.3 is 18.5 Å². The summed E-state index contributed by atoms with van der Waals surface area (Å²) >= 11 is 0. The number of nitrogens with one attached hydrogen (secondary N) is 2. The van der Waals surface area contributed by atoms with Crippen LogP contribution in [0.15, 0.2) is 24.3 Å². The zero-order chi connectivity index (χ0) is 25.3. The van der Waals surface area contributed by atoms with Crippen molar-refractivity contribution in [1.82, 2.24) is 10.4 Å². The molecule has 0 aliphatic carbocycles. The highest BCUT2D eigenvalue weighted by atomic mass is 19.4. The van der Waals surface area contributed by atoms with Gasteiger partial charge in [-0.3, -0.25) is 15.6 Å². The van der Waals surface area contributed by atoms with Crippen LogP contribution in [-0.2, 0) is 15.7 Å². The summed E-state index contributed by atoms with van der Waals surface area (Å²) in [6.45, 7) is -3.70. The van der Waals surface area contributed by atoms with E-state index >= 15 is 0 Å². The molecule has 3 rings (SSSR count). The number of anilines is 2. The maximum atomic E-state index is 13.7. The van der Waals surface area contributed by atoms with Gasteiger partial charge in [-0.05, 0) is 37.1 Å². The molecule has 1 unspecified atom stereocenters. The Morgan fingerprint density at radius 2 is 1.68 bits per heavy atom. The van der Waals surface area contributed by atoms with Crippen LogP contribution >= 0.6 is 0 Å². The van der Waals surface area contributed by atoms with Gasteiger partial charge in [-0.1, -0.05) is 0 Å². The van der Waals surface area contributed by atoms with Gasteiger partial charge in [-0.15, -0.1) is 0 Å². The van der Waals surface area contributed by atoms with Gasteiger partial charge in [-0.25, -0.2) is 4.98 Å². The molecule has 0 radical (unpaired) electrons. The van der Waals surface area contributed by atoms with Gasteiger partial charge in [0.05, 0.1) is 11.1 Å². The molecule has 1 aromatic carbocycles. The summed E-state index contributed by atoms with van der Waals surface area (Å²) in [6.07, 6.45) is -14.9. The lowest BCUT2D eigenvalue weighted by Crippen LogP contribution is -2.40. The number of hydrazine groups is 1. The summed E-state index contributed by atoms with van der Waals surface area (Å²) in [7, 11) is 0. The maximum Gasteiger partial charge on any atom is 0.417 e. The first-order valence-electron chi connectivity index (χ1n) is 9.70. The van der Waals surface area contributed by atoms with E-state index in [1.54, 1.807) is 0 Å². The normalized spacial score (nSPS) is 17.1. The van der Waals surface area contributed by atoms with Gasteiger partial charge in [0, 0.05) is 17.7 Å². The number of fused-ring (bicyclic) bond motifs is 1. The molecule has 15 heteroatoms. The Hall–Kier alpha value is -2.97. The van der Waals surface area contributed by atoms with Crippen LogP contribution in [0.4, 0.5) is 51.0 Å². The van der Waals surface area contributed by atoms with Crippen molar-refractivity contribution < 1.29 is 49.0 Å². The molecule has 6 nitrogen and oxygen atoms in total. The lowest BCUT2D eigenvalue weighted by molar-refractivity contribution is -0.138. The lowest BCUT2D eigenvalue weighted by Gasteiger charge is -2.27. The van der Waals surface area contributed by atoms with Gasteiger partial charge < -0.3 is 9.64 Å². The molecule has 2 N–H and O–H groups in total. The third-order valence-corrected chi connectivity index (χ3v) is 4.74. The first kappa shape index (κ1) is 25.6. The van der Waals surface area contributed by atoms with E-state index in [9.17, 15) is 44.3 Å². The van der Waals surface area contributed by atoms with Gasteiger partial charge in [0.25, 0.3) is 5.91 Å². The van der Waals surface area contributed by atoms with Crippen LogP contribution in [0, 0.1) is 0 Å². The topological polar surface area (TPSA) is 66.5 Å². The van der Waals surface area contributed by atoms with Crippen LogP contribution < -0.4 is 15.8 Å². The number of pyridine rings is 1. The minimum atomic E-state index is -5.04. The molecule has 1 atom stereocenters. The van der Waals surface area contributed by atoms with E-state index in [1.165, 1.54) is 0 Å². The van der Waals surface area contributed by atoms with Gasteiger partial charge in [-0.2, -0.15) is 39.5 Å². The summed E-state index contributed by atoms with van der Waals surface area (Å²) in [5.74, 6) is -1.08. The number of benzene rings is 1. The first-order chi connectivity index (χ1) is 15.6. The van der Waals surface area contributed by atoms with Crippen LogP contribution in [0.5, 0.6) is 0 Å². The molecular weight excluding hydrogens is 487 g/mol. The molecule has 188 valence electrons. The zero-order valence-corrected chi connectivity index (χ0v) is 17.0. The van der Waals surface area contributed by atoms with E-state index in [2.05, 4.69) is 15.8 Å². The third kappa shape index (κ3) is 6.77. The van der Waals surface area contributed by atoms with E-state index in [0.29, 0.717) is 31.6 Å². The minimum absolute atomic E-state index is 0.117. The summed E-state index contributed by atoms with van der Waals surface area (Å²) in [5.41, 5.74) is 1.93. The lowest BCUT2D eigenvalue weighted by atomic mass is 10.1. The highest BCUT2D eigenvalue weighted by Crippen LogP contribution is 2.38. The number of carbonyl (C=O) groups excluding carboxylic acids is 1. The van der Waals surface area contributed by atoms with E-state index < -0.39 is 66.1 Å². The number of nitrogens with zero attached hydrogens (tertiary/aromatic N) is 2. The Balaban J connectivity index is 1.96. The molecule has 1 fully saturated rings. The number of halogens is 9. The first-order valence-corrected chi connectivity index (χ1v) is 9.70. The molecule has 2 heterocycles. The van der Waals surface area contributed by atoms with Crippen LogP contribution in [0.25, 0.3) is 10.9 Å². The summed E-state index contributed by atoms with van der Waals surface area (Å²) in [5, 5.41) is -0.713. The van der Waals surface area contributed by atoms with E-state index in [4.69, 9.17) is 4.74 Å². The Kier molecular flexibility index (Phi) is 7.05. The summed E-state index contributed by atoms with van der Waals surface area (Å²) < 4.78 is 123. The average molecular weight is 504 g/mol. The molecule has 0 saturated carbocycles. The number of alkyl halides is 9. The molecule has 1 aromatic heterocycles. The standard InChI is InChI=1S/C19H17F9N4O2/c20-17(21,22)8-32(9-18(23,24)25)10-3-4-13-11(6-10)12(19(26,27)28)7-15(29-13)30-31-16(33)14-2-1-5-34-14/h3-4,6-7,14H,1-2,5,8-9H2,(H,29,30)(H,31,33). The molecule has 1 saturated heterocycles. The molecule has 1 aliphatic heterocycles. The van der Waals surface area contributed by atoms with Crippen LogP contribution in [-0.4, -0.2) is 49.0 Å². The van der Waals surface area contributed by atoms with Crippen molar-refractivity contribution in [3.63, 3.8) is 0 Å². The largest absolute Gasteiger partial charge is 0.417 e. The Morgan fingerprint density at radius 3 is 2.21 bits per heavy atom. The molecule has 1 aliphatic rings. The number of rotatable bonds is 6. The highest BCUT2D eigenvalue weighted by molar-refractivity contribution is 5.88. The van der Waals surface area contributed by atoms with Crippen molar-refractivity contribution in [2.24, 2.45) is 0 Å². The molecule has 0 bridgehead atoms. The quantitative estimate of drug-likeness (QED) is 0.437. The van der Waals surface area contributed by atoms with Crippen molar-refractivity contribution in [2.45, 2.75) is 37.5 Å². The number of aromatic nitrogens is 1. The second-order valence-electron chi connectivity index (χ2n) is 7.46. The SMILES string of the molecule is O=C(NNc1cc(C(F)(F)F)c2cc(N(CC(F)(F)F)CC(F)(F)F)ccc2n1)C1CCCO1. The minimum Gasteiger partial charge on any atom is -0.368 e. The van der Waals surface area contributed by atoms with E-state index in [0.717, 1.165) is 12.1 Å². The number of hydrogen-bond donors (Lipinski definition) is 2. The molecule has 0 spiro atoms. The third-order valence-electron chi connectivity index (χ3n) is 4.74. The van der Waals surface area contributed by atoms with Gasteiger partial charge in [0.1, 0.15) is 25.0 Å². The molecule has 34 heavy (non-hydrogen) atoms. The number of amides is 1. The second kappa shape index (κ2) is 9.35. The number of ether oxygens (including phenoxy) is 1. The predicted octanol–water partition coefficient (Wildman–Crippen LogP) is 4.81. The Morgan fingerprint density at radius 1 is 1.03 bits per heavy atom. The Labute approximate surface area is 186 Å². The predicted molar refractivity (Wildman–Crippen MR) is 102 cm³/mol. The van der Waals surface area contributed by atoms with Crippen molar-refractivity contribution in [2.75, 3.05) is 30.0 Å². The van der Waals surface area contributed by atoms with Gasteiger partial charge in [0.15, 0.2) is 0 Å². The smallest absolute Gasteiger partial charge is 0.368 e. The average Bonchev–Trinajstić information content (AvgIpc) is 3.22. The monoisotopic (exact) mass is 504 g/mol. The number of hydrogen-bond acceptors (Lipinski definition) is 5. The van der Waals surface area contributed by atoms with Crippen molar-refractivity contribution >= 4 is 28.3 Å². The van der Waals surface area contributed by atoms with E-state index in [-0.39, 0.29) is 10.4 Å². The van der Waals surface area contributed by atoms with Crippen LogP contribution in [0.2, 0.25) is 0 Å². The second-order valence-corrected chi connectivity index (χ2v) is 7.46. The van der Waals surface area contributed by atoms with Crippen molar-refractivity contribution in [1.29, 1.82) is 0 Å². The van der Waals surface area contributed by atoms with Crippen molar-refractivity contribution in [3.05, 3.63) is 29.8 Å².